The molecule has 1 N–H and O–H groups in total. The summed E-state index contributed by atoms with van der Waals surface area (Å²) in [5, 5.41) is 11.5. The summed E-state index contributed by atoms with van der Waals surface area (Å²) in [4.78, 5) is 2.43. The molecule has 0 unspecified atom stereocenters. The van der Waals surface area contributed by atoms with E-state index in [4.69, 9.17) is 12.2 Å². The van der Waals surface area contributed by atoms with E-state index < -0.39 is 0 Å². The number of hydrogen-bond acceptors (Lipinski definition) is 4. The Morgan fingerprint density at radius 3 is 2.46 bits per heavy atom. The predicted molar refractivity (Wildman–Crippen MR) is 112 cm³/mol. The van der Waals surface area contributed by atoms with Gasteiger partial charge in [0.25, 0.3) is 0 Å². The quantitative estimate of drug-likeness (QED) is 0.510. The fraction of sp³-hybridized carbons (Fsp3) is 0.286. The molecular formula is C21H22FN5S. The molecule has 3 aromatic rings. The van der Waals surface area contributed by atoms with Gasteiger partial charge in [0.05, 0.1) is 6.21 Å². The summed E-state index contributed by atoms with van der Waals surface area (Å²) in [7, 11) is 0. The van der Waals surface area contributed by atoms with Crippen LogP contribution in [0.3, 0.4) is 0 Å². The summed E-state index contributed by atoms with van der Waals surface area (Å²) in [6.07, 6.45) is 6.14. The van der Waals surface area contributed by atoms with Crippen molar-refractivity contribution in [1.82, 2.24) is 14.9 Å². The number of rotatable bonds is 5. The third-order valence-electron chi connectivity index (χ3n) is 4.93. The Hall–Kier alpha value is -2.80. The molecule has 2 heterocycles. The van der Waals surface area contributed by atoms with Crippen molar-refractivity contribution in [2.45, 2.75) is 25.7 Å². The van der Waals surface area contributed by atoms with Gasteiger partial charge in [-0.3, -0.25) is 5.10 Å². The Balaban J connectivity index is 1.49. The van der Waals surface area contributed by atoms with Crippen molar-refractivity contribution in [1.29, 1.82) is 0 Å². The molecule has 144 valence electrons. The third-order valence-corrected chi connectivity index (χ3v) is 5.19. The summed E-state index contributed by atoms with van der Waals surface area (Å²) in [6, 6.07) is 14.8. The molecule has 1 aromatic heterocycles. The summed E-state index contributed by atoms with van der Waals surface area (Å²) in [5.41, 5.74) is 3.20. The van der Waals surface area contributed by atoms with E-state index in [-0.39, 0.29) is 5.82 Å². The molecule has 0 radical (unpaired) electrons. The van der Waals surface area contributed by atoms with E-state index in [9.17, 15) is 4.39 Å². The average molecular weight is 396 g/mol. The molecule has 2 aromatic carbocycles. The van der Waals surface area contributed by atoms with Crippen LogP contribution in [0.15, 0.2) is 53.6 Å². The van der Waals surface area contributed by atoms with Crippen LogP contribution in [0.4, 0.5) is 10.1 Å². The van der Waals surface area contributed by atoms with Gasteiger partial charge in [0.15, 0.2) is 5.82 Å². The van der Waals surface area contributed by atoms with Gasteiger partial charge < -0.3 is 4.90 Å². The Kier molecular flexibility index (Phi) is 5.62. The zero-order valence-electron chi connectivity index (χ0n) is 15.5. The minimum atomic E-state index is -0.256. The highest BCUT2D eigenvalue weighted by atomic mass is 32.1. The van der Waals surface area contributed by atoms with Gasteiger partial charge in [0.2, 0.25) is 4.77 Å². The van der Waals surface area contributed by atoms with Crippen LogP contribution < -0.4 is 4.90 Å². The van der Waals surface area contributed by atoms with Crippen molar-refractivity contribution in [3.63, 3.8) is 0 Å². The SMILES string of the molecule is Fc1ccc(Cc2n[nH]c(=S)n2/N=C\c2ccc(N3CCCCC3)cc2)cc1. The largest absolute Gasteiger partial charge is 0.372 e. The molecule has 0 bridgehead atoms. The number of aromatic nitrogens is 3. The lowest BCUT2D eigenvalue weighted by Crippen LogP contribution is -2.29. The van der Waals surface area contributed by atoms with Crippen molar-refractivity contribution in [2.75, 3.05) is 18.0 Å². The molecule has 0 atom stereocenters. The van der Waals surface area contributed by atoms with Crippen molar-refractivity contribution in [3.05, 3.63) is 76.1 Å². The van der Waals surface area contributed by atoms with Crippen LogP contribution in [-0.4, -0.2) is 34.2 Å². The molecule has 1 saturated heterocycles. The first kappa shape index (κ1) is 18.6. The third kappa shape index (κ3) is 4.36. The standard InChI is InChI=1S/C21H22FN5S/c22-18-8-4-16(5-9-18)14-20-24-25-21(28)27(20)23-15-17-6-10-19(11-7-17)26-12-2-1-3-13-26/h4-11,15H,1-3,12-14H2,(H,25,28)/b23-15-. The van der Waals surface area contributed by atoms with Gasteiger partial charge in [-0.15, -0.1) is 0 Å². The topological polar surface area (TPSA) is 49.2 Å². The highest BCUT2D eigenvalue weighted by Gasteiger charge is 2.10. The number of piperidine rings is 1. The monoisotopic (exact) mass is 395 g/mol. The minimum absolute atomic E-state index is 0.256. The van der Waals surface area contributed by atoms with E-state index in [2.05, 4.69) is 44.5 Å². The van der Waals surface area contributed by atoms with Crippen molar-refractivity contribution in [2.24, 2.45) is 5.10 Å². The second kappa shape index (κ2) is 8.48. The van der Waals surface area contributed by atoms with Crippen LogP contribution in [-0.2, 0) is 6.42 Å². The number of benzene rings is 2. The maximum atomic E-state index is 13.1. The number of H-pyrrole nitrogens is 1. The Morgan fingerprint density at radius 2 is 1.75 bits per heavy atom. The van der Waals surface area contributed by atoms with E-state index in [1.807, 2.05) is 0 Å². The van der Waals surface area contributed by atoms with Crippen LogP contribution in [0, 0.1) is 10.6 Å². The van der Waals surface area contributed by atoms with Gasteiger partial charge in [0.1, 0.15) is 5.82 Å². The minimum Gasteiger partial charge on any atom is -0.372 e. The first-order valence-corrected chi connectivity index (χ1v) is 9.90. The lowest BCUT2D eigenvalue weighted by atomic mass is 10.1. The number of nitrogens with zero attached hydrogens (tertiary/aromatic N) is 4. The summed E-state index contributed by atoms with van der Waals surface area (Å²) < 4.78 is 15.1. The molecule has 1 aliphatic heterocycles. The van der Waals surface area contributed by atoms with Crippen LogP contribution in [0.25, 0.3) is 0 Å². The number of halogens is 1. The fourth-order valence-corrected chi connectivity index (χ4v) is 3.59. The van der Waals surface area contributed by atoms with E-state index in [0.717, 1.165) is 24.2 Å². The Labute approximate surface area is 168 Å². The Bertz CT molecular complexity index is 999. The normalized spacial score (nSPS) is 14.7. The van der Waals surface area contributed by atoms with Gasteiger partial charge in [0, 0.05) is 25.2 Å². The van der Waals surface area contributed by atoms with Gasteiger partial charge in [-0.05, 0) is 66.9 Å². The first-order valence-electron chi connectivity index (χ1n) is 9.49. The number of nitrogens with one attached hydrogen (secondary N) is 1. The van der Waals surface area contributed by atoms with Crippen LogP contribution >= 0.6 is 12.2 Å². The van der Waals surface area contributed by atoms with Crippen LogP contribution in [0.1, 0.15) is 36.2 Å². The second-order valence-electron chi connectivity index (χ2n) is 6.94. The van der Waals surface area contributed by atoms with E-state index in [0.29, 0.717) is 17.0 Å². The van der Waals surface area contributed by atoms with Gasteiger partial charge in [-0.1, -0.05) is 24.3 Å². The van der Waals surface area contributed by atoms with Crippen LogP contribution in [0.2, 0.25) is 0 Å². The first-order chi connectivity index (χ1) is 13.7. The van der Waals surface area contributed by atoms with Gasteiger partial charge in [-0.25, -0.2) is 4.39 Å². The molecule has 4 rings (SSSR count). The molecule has 1 aliphatic rings. The zero-order valence-corrected chi connectivity index (χ0v) is 16.3. The number of aromatic amines is 1. The lowest BCUT2D eigenvalue weighted by Gasteiger charge is -2.28. The maximum Gasteiger partial charge on any atom is 0.216 e. The molecule has 0 saturated carbocycles. The van der Waals surface area contributed by atoms with E-state index in [1.165, 1.54) is 37.1 Å². The fourth-order valence-electron chi connectivity index (χ4n) is 3.39. The smallest absolute Gasteiger partial charge is 0.216 e. The van der Waals surface area contributed by atoms with Crippen molar-refractivity contribution >= 4 is 24.1 Å². The molecule has 0 amide bonds. The van der Waals surface area contributed by atoms with Gasteiger partial charge in [-0.2, -0.15) is 14.9 Å². The molecule has 0 spiro atoms. The van der Waals surface area contributed by atoms with Crippen molar-refractivity contribution in [3.8, 4) is 0 Å². The van der Waals surface area contributed by atoms with Gasteiger partial charge >= 0.3 is 0 Å². The number of hydrogen-bond donors (Lipinski definition) is 1. The summed E-state index contributed by atoms with van der Waals surface area (Å²) in [6.45, 7) is 2.26. The molecule has 0 aliphatic carbocycles. The Morgan fingerprint density at radius 1 is 1.04 bits per heavy atom. The summed E-state index contributed by atoms with van der Waals surface area (Å²) in [5.74, 6) is 0.423. The van der Waals surface area contributed by atoms with E-state index >= 15 is 0 Å². The molecule has 5 nitrogen and oxygen atoms in total. The molecular weight excluding hydrogens is 373 g/mol. The van der Waals surface area contributed by atoms with Crippen molar-refractivity contribution < 1.29 is 4.39 Å². The molecule has 7 heteroatoms. The van der Waals surface area contributed by atoms with E-state index in [1.54, 1.807) is 23.0 Å². The zero-order chi connectivity index (χ0) is 19.3. The number of anilines is 1. The predicted octanol–water partition coefficient (Wildman–Crippen LogP) is 4.54. The molecule has 1 fully saturated rings. The lowest BCUT2D eigenvalue weighted by molar-refractivity contribution is 0.578. The average Bonchev–Trinajstić information content (AvgIpc) is 3.08. The van der Waals surface area contributed by atoms with Crippen LogP contribution in [0.5, 0.6) is 0 Å². The highest BCUT2D eigenvalue weighted by Crippen LogP contribution is 2.20. The second-order valence-corrected chi connectivity index (χ2v) is 7.33. The highest BCUT2D eigenvalue weighted by molar-refractivity contribution is 7.71. The molecule has 28 heavy (non-hydrogen) atoms. The maximum absolute atomic E-state index is 13.1. The summed E-state index contributed by atoms with van der Waals surface area (Å²) >= 11 is 5.30.